The van der Waals surface area contributed by atoms with Gasteiger partial charge in [-0.3, -0.25) is 43.2 Å². The molecule has 30 heteroatoms. The van der Waals surface area contributed by atoms with Gasteiger partial charge in [-0.05, 0) is 61.4 Å². The first-order valence-corrected chi connectivity index (χ1v) is 25.7. The number of amides is 9. The number of carboxylic acids is 1. The third kappa shape index (κ3) is 22.8. The molecule has 0 fully saturated rings. The highest BCUT2D eigenvalue weighted by Crippen LogP contribution is 2.13. The third-order valence-electron chi connectivity index (χ3n) is 11.1. The number of nitrogens with one attached hydrogen (secondary N) is 10. The van der Waals surface area contributed by atoms with Gasteiger partial charge in [-0.25, -0.2) is 9.78 Å². The number of aromatic amines is 1. The molecule has 0 saturated carbocycles. The molecule has 0 unspecified atom stereocenters. The summed E-state index contributed by atoms with van der Waals surface area (Å²) in [6.45, 7) is -0.465. The number of aromatic nitrogens is 2. The number of carboxylic acid groups (broad SMARTS) is 1. The monoisotopic (exact) mass is 1100 g/mol. The van der Waals surface area contributed by atoms with E-state index in [1.165, 1.54) is 62.4 Å². The number of thiol groups is 1. The maximum Gasteiger partial charge on any atom is 0.326 e. The van der Waals surface area contributed by atoms with E-state index < -0.39 is 146 Å². The second kappa shape index (κ2) is 34.1. The number of aliphatic carboxylic acids is 1. The lowest BCUT2D eigenvalue weighted by molar-refractivity contribution is -0.142. The van der Waals surface area contributed by atoms with Crippen molar-refractivity contribution in [3.05, 3.63) is 48.0 Å². The highest BCUT2D eigenvalue weighted by atomic mass is 32.2. The van der Waals surface area contributed by atoms with Crippen LogP contribution in [0.2, 0.25) is 0 Å². The molecule has 1 heterocycles. The van der Waals surface area contributed by atoms with E-state index in [1.54, 1.807) is 6.26 Å². The minimum atomic E-state index is -1.82. The summed E-state index contributed by atoms with van der Waals surface area (Å²) in [6, 6.07) is -7.41. The minimum absolute atomic E-state index is 0.0637. The molecule has 0 bridgehead atoms. The Hall–Kier alpha value is -6.57. The SMILES string of the molecule is CSCC[C@H](NC(=O)[C@H](Cc1ccc(O)cc1)NC(=O)CNC(=O)[C@@H](NC(=O)[C@H](CO)NC(=O)[C@H](CO)NC(=O)[C@H](CO)NC(=O)[C@H](CS)NC(=O)[C@@H](N)CCCCN)C(C)C)C(=O)N[C@@H](Cc1cnc[nH]1)C(=O)O. The Morgan fingerprint density at radius 3 is 1.65 bits per heavy atom. The Morgan fingerprint density at radius 2 is 1.16 bits per heavy atom. The van der Waals surface area contributed by atoms with E-state index in [9.17, 15) is 73.5 Å². The fraction of sp³-hybridized carbons (Fsp3) is 0.578. The number of aliphatic hydroxyl groups is 3. The summed E-state index contributed by atoms with van der Waals surface area (Å²) in [5, 5.41) is 70.7. The number of benzene rings is 1. The van der Waals surface area contributed by atoms with Crippen LogP contribution in [0.1, 0.15) is 50.8 Å². The van der Waals surface area contributed by atoms with Gasteiger partial charge >= 0.3 is 5.97 Å². The van der Waals surface area contributed by atoms with Crippen molar-refractivity contribution in [1.29, 1.82) is 0 Å². The summed E-state index contributed by atoms with van der Waals surface area (Å²) in [5.74, 6) is -10.6. The Bertz CT molecular complexity index is 2190. The number of imidazole rings is 1. The number of hydrogen-bond donors (Lipinski definition) is 18. The van der Waals surface area contributed by atoms with Gasteiger partial charge in [0, 0.05) is 30.5 Å². The lowest BCUT2D eigenvalue weighted by Gasteiger charge is -2.26. The average Bonchev–Trinajstić information content (AvgIpc) is 3.90. The number of phenolic OH excluding ortho intramolecular Hbond substituents is 1. The molecule has 0 aliphatic rings. The van der Waals surface area contributed by atoms with Crippen LogP contribution in [0.25, 0.3) is 0 Å². The Morgan fingerprint density at radius 1 is 0.653 bits per heavy atom. The first kappa shape index (κ1) is 64.5. The first-order chi connectivity index (χ1) is 35.6. The van der Waals surface area contributed by atoms with Gasteiger partial charge in [-0.2, -0.15) is 24.4 Å². The van der Waals surface area contributed by atoms with Crippen molar-refractivity contribution in [1.82, 2.24) is 57.8 Å². The number of rotatable bonds is 35. The van der Waals surface area contributed by atoms with Gasteiger partial charge in [0.15, 0.2) is 0 Å². The molecule has 418 valence electrons. The van der Waals surface area contributed by atoms with Gasteiger partial charge < -0.3 is 89.8 Å². The number of carbonyl (C=O) groups excluding carboxylic acids is 9. The van der Waals surface area contributed by atoms with Crippen molar-refractivity contribution >= 4 is 83.5 Å². The van der Waals surface area contributed by atoms with E-state index in [0.29, 0.717) is 36.4 Å². The van der Waals surface area contributed by atoms with Crippen molar-refractivity contribution in [2.24, 2.45) is 17.4 Å². The molecule has 0 saturated heterocycles. The summed E-state index contributed by atoms with van der Waals surface area (Å²) in [6.07, 6.45) is 5.70. The van der Waals surface area contributed by atoms with E-state index in [0.717, 1.165) is 0 Å². The molecule has 0 aliphatic heterocycles. The molecule has 1 aromatic heterocycles. The molecular weight excluding hydrogens is 1030 g/mol. The average molecular weight is 1100 g/mol. The van der Waals surface area contributed by atoms with Gasteiger partial charge in [0.2, 0.25) is 53.2 Å². The number of phenols is 1. The zero-order valence-corrected chi connectivity index (χ0v) is 43.4. The number of hydrogen-bond acceptors (Lipinski definition) is 19. The number of thioether (sulfide) groups is 1. The van der Waals surface area contributed by atoms with Crippen molar-refractivity contribution in [3.8, 4) is 5.75 Å². The smallest absolute Gasteiger partial charge is 0.326 e. The zero-order chi connectivity index (χ0) is 56.2. The molecule has 0 radical (unpaired) electrons. The standard InChI is InChI=1S/C45H71N13O15S2/c1-23(2)36(58-42(69)33(20-61)55-40(67)31(18-59)54-41(68)32(19-60)56-43(70)34(21-74)57-37(64)27(47)6-4-5-12-46)44(71)49-17-35(63)51-29(14-24-7-9-26(62)10-8-24)39(66)52-28(11-13-75-3)38(65)53-30(45(72)73)15-25-16-48-22-50-25/h7-10,16,22-23,27-34,36,59-62,74H,4-6,11-15,17-21,46-47H2,1-3H3,(H,48,50)(H,49,71)(H,51,63)(H,52,66)(H,53,65)(H,54,68)(H,55,67)(H,56,70)(H,57,64)(H,58,69)(H,72,73)/t27-,28-,29-,30-,31-,32-,33-,34-,36-/m0/s1. The molecule has 9 atom stereocenters. The normalized spacial score (nSPS) is 14.7. The van der Waals surface area contributed by atoms with Crippen molar-refractivity contribution in [2.75, 3.05) is 50.7 Å². The molecule has 0 spiro atoms. The molecule has 2 rings (SSSR count). The topological polar surface area (TPSA) is 461 Å². The van der Waals surface area contributed by atoms with Crippen LogP contribution in [0.3, 0.4) is 0 Å². The largest absolute Gasteiger partial charge is 0.508 e. The van der Waals surface area contributed by atoms with Crippen LogP contribution >= 0.6 is 24.4 Å². The molecule has 28 nitrogen and oxygen atoms in total. The second-order valence-electron chi connectivity index (χ2n) is 17.3. The van der Waals surface area contributed by atoms with Crippen LogP contribution < -0.4 is 59.3 Å². The summed E-state index contributed by atoms with van der Waals surface area (Å²) in [7, 11) is 0. The molecule has 19 N–H and O–H groups in total. The van der Waals surface area contributed by atoms with Crippen LogP contribution in [-0.2, 0) is 60.8 Å². The number of unbranched alkanes of at least 4 members (excludes halogenated alkanes) is 1. The van der Waals surface area contributed by atoms with E-state index in [4.69, 9.17) is 11.5 Å². The Kier molecular flexibility index (Phi) is 29.3. The van der Waals surface area contributed by atoms with Crippen molar-refractivity contribution in [3.63, 3.8) is 0 Å². The molecule has 2 aromatic rings. The van der Waals surface area contributed by atoms with Gasteiger partial charge in [0.25, 0.3) is 0 Å². The second-order valence-corrected chi connectivity index (χ2v) is 18.7. The predicted octanol–water partition coefficient (Wildman–Crippen LogP) is -6.25. The maximum absolute atomic E-state index is 13.9. The predicted molar refractivity (Wildman–Crippen MR) is 274 cm³/mol. The third-order valence-corrected chi connectivity index (χ3v) is 12.1. The van der Waals surface area contributed by atoms with E-state index in [-0.39, 0.29) is 37.2 Å². The van der Waals surface area contributed by atoms with Gasteiger partial charge in [0.05, 0.1) is 38.7 Å². The van der Waals surface area contributed by atoms with Crippen molar-refractivity contribution < 1.29 is 73.5 Å². The highest BCUT2D eigenvalue weighted by molar-refractivity contribution is 7.98. The van der Waals surface area contributed by atoms with Crippen LogP contribution in [0.4, 0.5) is 0 Å². The molecule has 1 aromatic carbocycles. The number of aliphatic hydroxyl groups excluding tert-OH is 3. The fourth-order valence-corrected chi connectivity index (χ4v) is 7.49. The zero-order valence-electron chi connectivity index (χ0n) is 41.7. The molecule has 9 amide bonds. The van der Waals surface area contributed by atoms with Crippen molar-refractivity contribution in [2.45, 2.75) is 107 Å². The van der Waals surface area contributed by atoms with Gasteiger partial charge in [-0.1, -0.05) is 32.4 Å². The summed E-state index contributed by atoms with van der Waals surface area (Å²) in [5.41, 5.74) is 12.2. The first-order valence-electron chi connectivity index (χ1n) is 23.7. The number of aromatic hydroxyl groups is 1. The molecule has 0 aliphatic carbocycles. The summed E-state index contributed by atoms with van der Waals surface area (Å²) in [4.78, 5) is 138. The molecular formula is C45H71N13O15S2. The lowest BCUT2D eigenvalue weighted by atomic mass is 10.0. The Labute approximate surface area is 442 Å². The lowest BCUT2D eigenvalue weighted by Crippen LogP contribution is -2.62. The Balaban J connectivity index is 2.13. The number of nitrogens with two attached hydrogens (primary N) is 2. The maximum atomic E-state index is 13.9. The van der Waals surface area contributed by atoms with E-state index in [1.807, 2.05) is 0 Å². The fourth-order valence-electron chi connectivity index (χ4n) is 6.77. The highest BCUT2D eigenvalue weighted by Gasteiger charge is 2.34. The van der Waals surface area contributed by atoms with E-state index in [2.05, 4.69) is 70.4 Å². The number of H-pyrrole nitrogens is 1. The minimum Gasteiger partial charge on any atom is -0.508 e. The van der Waals surface area contributed by atoms with Crippen LogP contribution in [0.5, 0.6) is 5.75 Å². The van der Waals surface area contributed by atoms with E-state index >= 15 is 0 Å². The quantitative estimate of drug-likeness (QED) is 0.0226. The number of nitrogens with zero attached hydrogens (tertiary/aromatic N) is 1. The van der Waals surface area contributed by atoms with Crippen LogP contribution in [0.15, 0.2) is 36.8 Å². The van der Waals surface area contributed by atoms with Crippen LogP contribution in [0, 0.1) is 5.92 Å². The van der Waals surface area contributed by atoms with Gasteiger partial charge in [-0.15, -0.1) is 0 Å². The summed E-state index contributed by atoms with van der Waals surface area (Å²) < 4.78 is 0. The van der Waals surface area contributed by atoms with Crippen LogP contribution in [-0.4, -0.2) is 200 Å². The summed E-state index contributed by atoms with van der Waals surface area (Å²) >= 11 is 5.41. The van der Waals surface area contributed by atoms with Gasteiger partial charge in [0.1, 0.15) is 54.1 Å². The number of carbonyl (C=O) groups is 10. The molecule has 75 heavy (non-hydrogen) atoms.